The first-order valence-corrected chi connectivity index (χ1v) is 8.66. The molecule has 1 N–H and O–H groups in total. The molecule has 0 saturated carbocycles. The van der Waals surface area contributed by atoms with Crippen LogP contribution in [0.3, 0.4) is 0 Å². The molecule has 0 unspecified atom stereocenters. The molecule has 3 aromatic rings. The molecule has 9 heteroatoms. The van der Waals surface area contributed by atoms with Gasteiger partial charge in [0, 0.05) is 18.9 Å². The highest BCUT2D eigenvalue weighted by atomic mass is 32.1. The Kier molecular flexibility index (Phi) is 4.23. The van der Waals surface area contributed by atoms with Gasteiger partial charge in [0.2, 0.25) is 0 Å². The zero-order valence-electron chi connectivity index (χ0n) is 13.4. The van der Waals surface area contributed by atoms with Crippen molar-refractivity contribution in [1.29, 1.82) is 0 Å². The van der Waals surface area contributed by atoms with Gasteiger partial charge in [-0.1, -0.05) is 12.1 Å². The van der Waals surface area contributed by atoms with Crippen molar-refractivity contribution < 1.29 is 23.6 Å². The average Bonchev–Trinajstić information content (AvgIpc) is 3.32. The largest absolute Gasteiger partial charge is 0.438 e. The number of thiazole rings is 1. The maximum Gasteiger partial charge on any atom is 0.255 e. The maximum atomic E-state index is 11.9. The van der Waals surface area contributed by atoms with E-state index in [9.17, 15) is 14.4 Å². The third-order valence-corrected chi connectivity index (χ3v) is 4.75. The van der Waals surface area contributed by atoms with E-state index in [1.807, 2.05) is 24.3 Å². The summed E-state index contributed by atoms with van der Waals surface area (Å²) in [6.45, 7) is -0.464. The van der Waals surface area contributed by atoms with Crippen LogP contribution < -0.4 is 5.32 Å². The fourth-order valence-corrected chi connectivity index (χ4v) is 3.42. The summed E-state index contributed by atoms with van der Waals surface area (Å²) in [4.78, 5) is 44.2. The van der Waals surface area contributed by atoms with Crippen LogP contribution in [0.25, 0.3) is 21.0 Å². The number of carbonyl (C=O) groups is 3. The number of nitrogens with zero attached hydrogens (tertiary/aromatic N) is 2. The van der Waals surface area contributed by atoms with Gasteiger partial charge in [0.1, 0.15) is 0 Å². The fraction of sp³-hybridized carbons (Fsp3) is 0.176. The number of anilines is 1. The summed E-state index contributed by atoms with van der Waals surface area (Å²) >= 11 is 1.49. The van der Waals surface area contributed by atoms with Crippen LogP contribution in [0.15, 0.2) is 40.8 Å². The Bertz CT molecular complexity index is 960. The van der Waals surface area contributed by atoms with Gasteiger partial charge in [-0.15, -0.1) is 11.3 Å². The van der Waals surface area contributed by atoms with Crippen molar-refractivity contribution in [2.45, 2.75) is 12.8 Å². The molecule has 1 fully saturated rings. The Labute approximate surface area is 151 Å². The van der Waals surface area contributed by atoms with Crippen molar-refractivity contribution in [1.82, 2.24) is 10.0 Å². The molecule has 26 heavy (non-hydrogen) atoms. The monoisotopic (exact) mass is 371 g/mol. The van der Waals surface area contributed by atoms with Crippen molar-refractivity contribution >= 4 is 45.2 Å². The molecule has 1 aromatic carbocycles. The molecule has 0 bridgehead atoms. The molecular formula is C17H13N3O5S. The van der Waals surface area contributed by atoms with E-state index in [0.29, 0.717) is 15.8 Å². The standard InChI is InChI=1S/C17H13N3O5S/c21-13(9-24-20-15(22)7-8-16(20)23)19-14-6-5-11(25-14)17-18-10-3-1-2-4-12(10)26-17/h1-6H,7-9H2,(H,19,21). The van der Waals surface area contributed by atoms with Crippen molar-refractivity contribution in [3.05, 3.63) is 36.4 Å². The van der Waals surface area contributed by atoms with Crippen LogP contribution in [0.2, 0.25) is 0 Å². The number of imide groups is 1. The lowest BCUT2D eigenvalue weighted by Gasteiger charge is -2.12. The molecule has 1 saturated heterocycles. The summed E-state index contributed by atoms with van der Waals surface area (Å²) in [5.41, 5.74) is 0.878. The minimum Gasteiger partial charge on any atom is -0.438 e. The van der Waals surface area contributed by atoms with Crippen molar-refractivity contribution in [2.75, 3.05) is 11.9 Å². The van der Waals surface area contributed by atoms with Gasteiger partial charge in [0.15, 0.2) is 23.3 Å². The van der Waals surface area contributed by atoms with Crippen molar-refractivity contribution in [2.24, 2.45) is 0 Å². The average molecular weight is 371 g/mol. The number of aromatic nitrogens is 1. The van der Waals surface area contributed by atoms with E-state index in [0.717, 1.165) is 10.2 Å². The lowest BCUT2D eigenvalue weighted by Crippen LogP contribution is -2.33. The smallest absolute Gasteiger partial charge is 0.255 e. The minimum atomic E-state index is -0.539. The predicted octanol–water partition coefficient (Wildman–Crippen LogP) is 2.58. The normalized spacial score (nSPS) is 14.4. The van der Waals surface area contributed by atoms with Gasteiger partial charge in [0.05, 0.1) is 10.2 Å². The number of para-hydroxylation sites is 1. The Hall–Kier alpha value is -3.04. The number of fused-ring (bicyclic) bond motifs is 1. The number of furan rings is 1. The van der Waals surface area contributed by atoms with Gasteiger partial charge in [-0.25, -0.2) is 4.98 Å². The van der Waals surface area contributed by atoms with Crippen molar-refractivity contribution in [3.8, 4) is 10.8 Å². The number of hydrogen-bond acceptors (Lipinski definition) is 7. The molecule has 4 rings (SSSR count). The zero-order valence-corrected chi connectivity index (χ0v) is 14.2. The topological polar surface area (TPSA) is 102 Å². The zero-order chi connectivity index (χ0) is 18.1. The first kappa shape index (κ1) is 16.4. The summed E-state index contributed by atoms with van der Waals surface area (Å²) in [5.74, 6) is -0.667. The molecule has 0 spiro atoms. The van der Waals surface area contributed by atoms with E-state index < -0.39 is 24.3 Å². The number of nitrogens with one attached hydrogen (secondary N) is 1. The minimum absolute atomic E-state index is 0.101. The van der Waals surface area contributed by atoms with E-state index >= 15 is 0 Å². The number of benzene rings is 1. The lowest BCUT2D eigenvalue weighted by molar-refractivity contribution is -0.187. The first-order chi connectivity index (χ1) is 12.6. The van der Waals surface area contributed by atoms with Crippen LogP contribution >= 0.6 is 11.3 Å². The third-order valence-electron chi connectivity index (χ3n) is 3.70. The second kappa shape index (κ2) is 6.70. The Balaban J connectivity index is 1.39. The summed E-state index contributed by atoms with van der Waals surface area (Å²) in [5, 5.41) is 3.85. The second-order valence-corrected chi connectivity index (χ2v) is 6.58. The van der Waals surface area contributed by atoms with E-state index in [4.69, 9.17) is 9.25 Å². The Morgan fingerprint density at radius 2 is 1.96 bits per heavy atom. The molecule has 3 heterocycles. The summed E-state index contributed by atoms with van der Waals surface area (Å²) in [6, 6.07) is 11.1. The highest BCUT2D eigenvalue weighted by molar-refractivity contribution is 7.21. The molecule has 0 atom stereocenters. The summed E-state index contributed by atoms with van der Waals surface area (Å²) < 4.78 is 6.64. The highest BCUT2D eigenvalue weighted by Gasteiger charge is 2.30. The number of hydrogen-bond donors (Lipinski definition) is 1. The van der Waals surface area contributed by atoms with Gasteiger partial charge in [-0.05, 0) is 18.2 Å². The first-order valence-electron chi connectivity index (χ1n) is 7.84. The number of rotatable bonds is 5. The number of amides is 3. The van der Waals surface area contributed by atoms with Gasteiger partial charge >= 0.3 is 0 Å². The molecular weight excluding hydrogens is 358 g/mol. The SMILES string of the molecule is O=C(CON1C(=O)CCC1=O)Nc1ccc(-c2nc3ccccc3s2)o1. The lowest BCUT2D eigenvalue weighted by atomic mass is 10.3. The van der Waals surface area contributed by atoms with Gasteiger partial charge < -0.3 is 4.42 Å². The molecule has 3 amide bonds. The van der Waals surface area contributed by atoms with E-state index in [2.05, 4.69) is 10.3 Å². The van der Waals surface area contributed by atoms with Gasteiger partial charge in [-0.2, -0.15) is 5.06 Å². The van der Waals surface area contributed by atoms with E-state index in [-0.39, 0.29) is 18.7 Å². The van der Waals surface area contributed by atoms with Crippen LogP contribution in [-0.2, 0) is 19.2 Å². The van der Waals surface area contributed by atoms with Crippen LogP contribution in [0.5, 0.6) is 0 Å². The highest BCUT2D eigenvalue weighted by Crippen LogP contribution is 2.32. The van der Waals surface area contributed by atoms with Crippen LogP contribution in [0, 0.1) is 0 Å². The van der Waals surface area contributed by atoms with Gasteiger partial charge in [-0.3, -0.25) is 24.5 Å². The molecule has 1 aliphatic heterocycles. The molecule has 1 aliphatic rings. The summed E-state index contributed by atoms with van der Waals surface area (Å²) in [6.07, 6.45) is 0.203. The number of carbonyl (C=O) groups excluding carboxylic acids is 3. The molecule has 8 nitrogen and oxygen atoms in total. The van der Waals surface area contributed by atoms with Gasteiger partial charge in [0.25, 0.3) is 17.7 Å². The molecule has 0 radical (unpaired) electrons. The Morgan fingerprint density at radius 1 is 1.19 bits per heavy atom. The number of hydroxylamine groups is 2. The molecule has 0 aliphatic carbocycles. The van der Waals surface area contributed by atoms with Crippen LogP contribution in [-0.4, -0.2) is 34.4 Å². The molecule has 132 valence electrons. The summed E-state index contributed by atoms with van der Waals surface area (Å²) in [7, 11) is 0. The van der Waals surface area contributed by atoms with Crippen LogP contribution in [0.4, 0.5) is 5.88 Å². The quantitative estimate of drug-likeness (QED) is 0.692. The predicted molar refractivity (Wildman–Crippen MR) is 93.0 cm³/mol. The fourth-order valence-electron chi connectivity index (χ4n) is 2.49. The second-order valence-electron chi connectivity index (χ2n) is 5.55. The van der Waals surface area contributed by atoms with Crippen LogP contribution in [0.1, 0.15) is 12.8 Å². The van der Waals surface area contributed by atoms with E-state index in [1.54, 1.807) is 12.1 Å². The Morgan fingerprint density at radius 3 is 2.73 bits per heavy atom. The van der Waals surface area contributed by atoms with E-state index in [1.165, 1.54) is 11.3 Å². The maximum absolute atomic E-state index is 11.9. The molecule has 2 aromatic heterocycles. The van der Waals surface area contributed by atoms with Crippen molar-refractivity contribution in [3.63, 3.8) is 0 Å². The third kappa shape index (κ3) is 3.22.